The molecular weight excluding hydrogens is 167 g/mol. The Morgan fingerprint density at radius 3 is 2.30 bits per heavy atom. The Labute approximate surface area is 73.9 Å². The van der Waals surface area contributed by atoms with Gasteiger partial charge in [0.25, 0.3) is 0 Å². The van der Waals surface area contributed by atoms with E-state index in [4.69, 9.17) is 23.2 Å². The van der Waals surface area contributed by atoms with E-state index in [9.17, 15) is 0 Å². The quantitative estimate of drug-likeness (QED) is 0.449. The van der Waals surface area contributed by atoms with E-state index in [1.165, 1.54) is 19.3 Å². The summed E-state index contributed by atoms with van der Waals surface area (Å²) in [7, 11) is 0. The zero-order valence-electron chi connectivity index (χ0n) is 6.79. The Bertz CT molecular complexity index is 79.3. The van der Waals surface area contributed by atoms with E-state index in [2.05, 4.69) is 6.92 Å². The molecule has 0 rings (SSSR count). The van der Waals surface area contributed by atoms with Gasteiger partial charge in [-0.25, -0.2) is 0 Å². The van der Waals surface area contributed by atoms with Crippen molar-refractivity contribution >= 4 is 23.2 Å². The minimum absolute atomic E-state index is 0.170. The number of rotatable bonds is 5. The Morgan fingerprint density at radius 1 is 1.30 bits per heavy atom. The lowest BCUT2D eigenvalue weighted by Gasteiger charge is -2.17. The fourth-order valence-corrected chi connectivity index (χ4v) is 1.08. The monoisotopic (exact) mass is 182 g/mol. The second-order valence-electron chi connectivity index (χ2n) is 3.00. The van der Waals surface area contributed by atoms with Crippen LogP contribution in [0.4, 0.5) is 0 Å². The molecule has 0 N–H and O–H groups in total. The molecular formula is C8H16Cl2. The summed E-state index contributed by atoms with van der Waals surface area (Å²) in [5.74, 6) is 0.554. The molecule has 0 heterocycles. The van der Waals surface area contributed by atoms with Crippen LogP contribution in [0.15, 0.2) is 0 Å². The zero-order chi connectivity index (χ0) is 8.04. The van der Waals surface area contributed by atoms with Crippen LogP contribution in [-0.4, -0.2) is 10.8 Å². The van der Waals surface area contributed by atoms with Gasteiger partial charge in [-0.15, -0.1) is 23.2 Å². The van der Waals surface area contributed by atoms with E-state index >= 15 is 0 Å². The molecule has 0 bridgehead atoms. The molecule has 0 aromatic heterocycles. The molecule has 0 saturated carbocycles. The topological polar surface area (TPSA) is 0 Å². The van der Waals surface area contributed by atoms with Gasteiger partial charge in [0.05, 0.1) is 4.87 Å². The molecule has 62 valence electrons. The van der Waals surface area contributed by atoms with Crippen molar-refractivity contribution in [1.82, 2.24) is 0 Å². The maximum Gasteiger partial charge on any atom is 0.0553 e. The van der Waals surface area contributed by atoms with Gasteiger partial charge in [-0.2, -0.15) is 0 Å². The van der Waals surface area contributed by atoms with Gasteiger partial charge >= 0.3 is 0 Å². The number of hydrogen-bond donors (Lipinski definition) is 0. The standard InChI is InChI=1S/C8H16Cl2/c1-3-4-5-6-8(2,10)7-9/h3-7H2,1-2H3. The first-order valence-corrected chi connectivity index (χ1v) is 4.78. The van der Waals surface area contributed by atoms with Crippen molar-refractivity contribution in [2.75, 3.05) is 5.88 Å². The minimum Gasteiger partial charge on any atom is -0.125 e. The van der Waals surface area contributed by atoms with Crippen LogP contribution in [0.25, 0.3) is 0 Å². The van der Waals surface area contributed by atoms with Crippen LogP contribution in [0.5, 0.6) is 0 Å². The zero-order valence-corrected chi connectivity index (χ0v) is 8.30. The van der Waals surface area contributed by atoms with Gasteiger partial charge in [0.2, 0.25) is 0 Å². The van der Waals surface area contributed by atoms with Crippen LogP contribution in [0.2, 0.25) is 0 Å². The maximum atomic E-state index is 6.02. The molecule has 0 aliphatic heterocycles. The lowest BCUT2D eigenvalue weighted by atomic mass is 10.0. The maximum absolute atomic E-state index is 6.02. The van der Waals surface area contributed by atoms with E-state index in [1.54, 1.807) is 0 Å². The minimum atomic E-state index is -0.170. The highest BCUT2D eigenvalue weighted by Gasteiger charge is 2.17. The van der Waals surface area contributed by atoms with Gasteiger partial charge in [-0.05, 0) is 13.3 Å². The second-order valence-corrected chi connectivity index (χ2v) is 4.18. The van der Waals surface area contributed by atoms with Crippen molar-refractivity contribution in [2.24, 2.45) is 0 Å². The van der Waals surface area contributed by atoms with Crippen molar-refractivity contribution in [3.8, 4) is 0 Å². The molecule has 0 aliphatic rings. The summed E-state index contributed by atoms with van der Waals surface area (Å²) in [5, 5.41) is 0. The molecule has 1 atom stereocenters. The SMILES string of the molecule is CCCCCC(C)(Cl)CCl. The first-order chi connectivity index (χ1) is 4.62. The van der Waals surface area contributed by atoms with Gasteiger partial charge in [0.1, 0.15) is 0 Å². The molecule has 2 heteroatoms. The highest BCUT2D eigenvalue weighted by Crippen LogP contribution is 2.23. The first-order valence-electron chi connectivity index (χ1n) is 3.87. The van der Waals surface area contributed by atoms with Crippen LogP contribution in [-0.2, 0) is 0 Å². The van der Waals surface area contributed by atoms with Crippen molar-refractivity contribution in [2.45, 2.75) is 44.4 Å². The summed E-state index contributed by atoms with van der Waals surface area (Å²) in [6.45, 7) is 4.18. The summed E-state index contributed by atoms with van der Waals surface area (Å²) < 4.78 is 0. The number of alkyl halides is 2. The van der Waals surface area contributed by atoms with Gasteiger partial charge in [0.15, 0.2) is 0 Å². The van der Waals surface area contributed by atoms with Crippen LogP contribution < -0.4 is 0 Å². The fraction of sp³-hybridized carbons (Fsp3) is 1.00. The van der Waals surface area contributed by atoms with Gasteiger partial charge in [-0.1, -0.05) is 26.2 Å². The molecule has 10 heavy (non-hydrogen) atoms. The third-order valence-corrected chi connectivity index (χ3v) is 2.63. The summed E-state index contributed by atoms with van der Waals surface area (Å²) in [6.07, 6.45) is 4.74. The third kappa shape index (κ3) is 5.37. The lowest BCUT2D eigenvalue weighted by molar-refractivity contribution is 0.569. The van der Waals surface area contributed by atoms with Crippen LogP contribution in [0, 0.1) is 0 Å². The van der Waals surface area contributed by atoms with Crippen molar-refractivity contribution in [3.63, 3.8) is 0 Å². The van der Waals surface area contributed by atoms with E-state index in [0.29, 0.717) is 5.88 Å². The summed E-state index contributed by atoms with van der Waals surface area (Å²) in [6, 6.07) is 0. The van der Waals surface area contributed by atoms with Crippen molar-refractivity contribution in [1.29, 1.82) is 0 Å². The number of halogens is 2. The molecule has 0 amide bonds. The highest BCUT2D eigenvalue weighted by atomic mass is 35.5. The average Bonchev–Trinajstić information content (AvgIpc) is 1.89. The predicted molar refractivity (Wildman–Crippen MR) is 49.1 cm³/mol. The third-order valence-electron chi connectivity index (χ3n) is 1.58. The van der Waals surface area contributed by atoms with E-state index < -0.39 is 0 Å². The highest BCUT2D eigenvalue weighted by molar-refractivity contribution is 6.30. The molecule has 0 radical (unpaired) electrons. The molecule has 0 spiro atoms. The van der Waals surface area contributed by atoms with Gasteiger partial charge in [0, 0.05) is 5.88 Å². The molecule has 0 aromatic carbocycles. The van der Waals surface area contributed by atoms with Crippen LogP contribution >= 0.6 is 23.2 Å². The van der Waals surface area contributed by atoms with E-state index in [1.807, 2.05) is 6.92 Å². The molecule has 0 fully saturated rings. The summed E-state index contributed by atoms with van der Waals surface area (Å²) in [5.41, 5.74) is 0. The molecule has 0 saturated heterocycles. The van der Waals surface area contributed by atoms with Crippen LogP contribution in [0.1, 0.15) is 39.5 Å². The Morgan fingerprint density at radius 2 is 1.90 bits per heavy atom. The fourth-order valence-electron chi connectivity index (χ4n) is 0.810. The summed E-state index contributed by atoms with van der Waals surface area (Å²) >= 11 is 11.7. The van der Waals surface area contributed by atoms with Gasteiger partial charge < -0.3 is 0 Å². The van der Waals surface area contributed by atoms with E-state index in [0.717, 1.165) is 6.42 Å². The normalized spacial score (nSPS) is 16.8. The Kier molecular flexibility index (Phi) is 5.56. The second kappa shape index (κ2) is 5.26. The smallest absolute Gasteiger partial charge is 0.0553 e. The number of unbranched alkanes of at least 4 members (excludes halogenated alkanes) is 2. The molecule has 0 aliphatic carbocycles. The van der Waals surface area contributed by atoms with Crippen LogP contribution in [0.3, 0.4) is 0 Å². The van der Waals surface area contributed by atoms with Crippen molar-refractivity contribution in [3.05, 3.63) is 0 Å². The molecule has 0 aromatic rings. The Hall–Kier alpha value is 0.580. The lowest BCUT2D eigenvalue weighted by Crippen LogP contribution is -2.17. The summed E-state index contributed by atoms with van der Waals surface area (Å²) in [4.78, 5) is -0.170. The van der Waals surface area contributed by atoms with Crippen molar-refractivity contribution < 1.29 is 0 Å². The number of hydrogen-bond acceptors (Lipinski definition) is 0. The molecule has 0 nitrogen and oxygen atoms in total. The average molecular weight is 183 g/mol. The molecule has 1 unspecified atom stereocenters. The van der Waals surface area contributed by atoms with E-state index in [-0.39, 0.29) is 4.87 Å². The largest absolute Gasteiger partial charge is 0.125 e. The Balaban J connectivity index is 3.28. The predicted octanol–water partition coefficient (Wildman–Crippen LogP) is 3.80. The first kappa shape index (κ1) is 10.6. The van der Waals surface area contributed by atoms with Gasteiger partial charge in [-0.3, -0.25) is 0 Å².